The van der Waals surface area contributed by atoms with Crippen LogP contribution in [0, 0.1) is 12.3 Å². The van der Waals surface area contributed by atoms with Crippen LogP contribution >= 0.6 is 23.4 Å². The number of hydrogen-bond acceptors (Lipinski definition) is 8. The van der Waals surface area contributed by atoms with Crippen LogP contribution in [0.25, 0.3) is 5.65 Å². The Labute approximate surface area is 190 Å². The lowest BCUT2D eigenvalue weighted by Crippen LogP contribution is -2.50. The second-order valence-corrected chi connectivity index (χ2v) is 9.86. The van der Waals surface area contributed by atoms with Gasteiger partial charge in [0, 0.05) is 48.0 Å². The molecule has 0 saturated carbocycles. The SMILES string of the molecule is Cc1nc(N2CCC3(CC2)COC(C)C3N)c2nccn2c1Sc1ccnc(N)c1Cl. The van der Waals surface area contributed by atoms with Crippen molar-refractivity contribution in [2.45, 2.75) is 48.8 Å². The highest BCUT2D eigenvalue weighted by Crippen LogP contribution is 2.43. The number of aryl methyl sites for hydroxylation is 1. The number of pyridine rings is 1. The second-order valence-electron chi connectivity index (χ2n) is 8.45. The fourth-order valence-corrected chi connectivity index (χ4v) is 5.86. The van der Waals surface area contributed by atoms with E-state index < -0.39 is 0 Å². The number of aromatic nitrogens is 4. The van der Waals surface area contributed by atoms with Crippen molar-refractivity contribution < 1.29 is 4.74 Å². The van der Waals surface area contributed by atoms with Crippen LogP contribution in [0.3, 0.4) is 0 Å². The molecule has 2 saturated heterocycles. The first-order valence-electron chi connectivity index (χ1n) is 10.4. The Morgan fingerprint density at radius 2 is 2.03 bits per heavy atom. The highest BCUT2D eigenvalue weighted by atomic mass is 35.5. The predicted molar refractivity (Wildman–Crippen MR) is 123 cm³/mol. The van der Waals surface area contributed by atoms with Crippen molar-refractivity contribution in [2.75, 3.05) is 30.3 Å². The number of piperidine rings is 1. The first-order chi connectivity index (χ1) is 14.9. The summed E-state index contributed by atoms with van der Waals surface area (Å²) in [5.41, 5.74) is 14.2. The van der Waals surface area contributed by atoms with Crippen LogP contribution in [0.1, 0.15) is 25.5 Å². The fraction of sp³-hybridized carbons (Fsp3) is 0.476. The van der Waals surface area contributed by atoms with E-state index in [1.165, 1.54) is 11.8 Å². The summed E-state index contributed by atoms with van der Waals surface area (Å²) in [6, 6.07) is 1.95. The third kappa shape index (κ3) is 3.44. The first-order valence-corrected chi connectivity index (χ1v) is 11.6. The summed E-state index contributed by atoms with van der Waals surface area (Å²) < 4.78 is 7.94. The Bertz CT molecular complexity index is 1130. The van der Waals surface area contributed by atoms with E-state index in [9.17, 15) is 0 Å². The van der Waals surface area contributed by atoms with Crippen molar-refractivity contribution in [1.29, 1.82) is 0 Å². The molecular formula is C21H26ClN7OS. The van der Waals surface area contributed by atoms with E-state index in [1.807, 2.05) is 19.2 Å². The van der Waals surface area contributed by atoms with Crippen molar-refractivity contribution >= 4 is 40.6 Å². The maximum absolute atomic E-state index is 6.48. The number of hydrogen-bond donors (Lipinski definition) is 2. The molecule has 2 fully saturated rings. The monoisotopic (exact) mass is 459 g/mol. The quantitative estimate of drug-likeness (QED) is 0.615. The van der Waals surface area contributed by atoms with Crippen LogP contribution in [0.5, 0.6) is 0 Å². The van der Waals surface area contributed by atoms with Gasteiger partial charge in [-0.15, -0.1) is 0 Å². The molecule has 0 amide bonds. The summed E-state index contributed by atoms with van der Waals surface area (Å²) in [5, 5.41) is 1.41. The van der Waals surface area contributed by atoms with Crippen LogP contribution in [0.4, 0.5) is 11.6 Å². The van der Waals surface area contributed by atoms with Gasteiger partial charge in [0.25, 0.3) is 0 Å². The molecule has 2 aliphatic heterocycles. The van der Waals surface area contributed by atoms with Crippen molar-refractivity contribution in [3.63, 3.8) is 0 Å². The van der Waals surface area contributed by atoms with Gasteiger partial charge < -0.3 is 21.1 Å². The van der Waals surface area contributed by atoms with E-state index in [1.54, 1.807) is 12.4 Å². The number of imidazole rings is 1. The van der Waals surface area contributed by atoms with Gasteiger partial charge in [0.15, 0.2) is 11.5 Å². The Morgan fingerprint density at radius 1 is 1.26 bits per heavy atom. The summed E-state index contributed by atoms with van der Waals surface area (Å²) in [4.78, 5) is 16.8. The van der Waals surface area contributed by atoms with Crippen LogP contribution < -0.4 is 16.4 Å². The lowest BCUT2D eigenvalue weighted by Gasteiger charge is -2.41. The molecule has 0 radical (unpaired) electrons. The minimum atomic E-state index is 0.0739. The number of nitrogens with two attached hydrogens (primary N) is 2. The number of halogens is 1. The van der Waals surface area contributed by atoms with Crippen molar-refractivity contribution in [2.24, 2.45) is 11.1 Å². The summed E-state index contributed by atoms with van der Waals surface area (Å²) in [6.07, 6.45) is 7.54. The molecule has 2 unspecified atom stereocenters. The number of nitrogens with zero attached hydrogens (tertiary/aromatic N) is 5. The molecule has 0 aromatic carbocycles. The van der Waals surface area contributed by atoms with Gasteiger partial charge >= 0.3 is 0 Å². The average Bonchev–Trinajstić information content (AvgIpc) is 3.35. The Morgan fingerprint density at radius 3 is 2.74 bits per heavy atom. The third-order valence-corrected chi connectivity index (χ3v) is 8.39. The number of nitrogen functional groups attached to an aromatic ring is 1. The highest BCUT2D eigenvalue weighted by Gasteiger charge is 2.47. The van der Waals surface area contributed by atoms with E-state index in [-0.39, 0.29) is 17.6 Å². The van der Waals surface area contributed by atoms with E-state index in [0.29, 0.717) is 10.8 Å². The Balaban J connectivity index is 1.45. The summed E-state index contributed by atoms with van der Waals surface area (Å²) in [5.74, 6) is 1.23. The van der Waals surface area contributed by atoms with Gasteiger partial charge in [0.1, 0.15) is 10.8 Å². The largest absolute Gasteiger partial charge is 0.382 e. The van der Waals surface area contributed by atoms with Gasteiger partial charge in [0.2, 0.25) is 0 Å². The van der Waals surface area contributed by atoms with Gasteiger partial charge in [-0.3, -0.25) is 4.40 Å². The second kappa shape index (κ2) is 7.81. The van der Waals surface area contributed by atoms with E-state index in [4.69, 9.17) is 32.8 Å². The molecule has 0 bridgehead atoms. The molecule has 3 aromatic heterocycles. The molecular weight excluding hydrogens is 434 g/mol. The summed E-state index contributed by atoms with van der Waals surface area (Å²) in [6.45, 7) is 6.61. The van der Waals surface area contributed by atoms with Crippen LogP contribution in [-0.4, -0.2) is 51.2 Å². The topological polar surface area (TPSA) is 108 Å². The molecule has 5 heterocycles. The van der Waals surface area contributed by atoms with Gasteiger partial charge in [-0.25, -0.2) is 15.0 Å². The number of rotatable bonds is 3. The summed E-state index contributed by atoms with van der Waals surface area (Å²) >= 11 is 7.89. The maximum Gasteiger partial charge on any atom is 0.181 e. The smallest absolute Gasteiger partial charge is 0.181 e. The van der Waals surface area contributed by atoms with Crippen LogP contribution in [-0.2, 0) is 4.74 Å². The van der Waals surface area contributed by atoms with E-state index in [2.05, 4.69) is 26.2 Å². The van der Waals surface area contributed by atoms with Crippen LogP contribution in [0.2, 0.25) is 5.02 Å². The molecule has 3 aromatic rings. The minimum absolute atomic E-state index is 0.0739. The Kier molecular flexibility index (Phi) is 5.24. The van der Waals surface area contributed by atoms with Gasteiger partial charge in [-0.1, -0.05) is 23.4 Å². The van der Waals surface area contributed by atoms with E-state index in [0.717, 1.165) is 59.6 Å². The maximum atomic E-state index is 6.48. The molecule has 1 spiro atoms. The zero-order valence-electron chi connectivity index (χ0n) is 17.6. The third-order valence-electron chi connectivity index (χ3n) is 6.64. The van der Waals surface area contributed by atoms with Gasteiger partial charge in [-0.2, -0.15) is 0 Å². The number of fused-ring (bicyclic) bond motifs is 1. The zero-order valence-corrected chi connectivity index (χ0v) is 19.2. The summed E-state index contributed by atoms with van der Waals surface area (Å²) in [7, 11) is 0. The van der Waals surface area contributed by atoms with Crippen molar-refractivity contribution in [1.82, 2.24) is 19.4 Å². The fourth-order valence-electron chi connectivity index (χ4n) is 4.66. The van der Waals surface area contributed by atoms with Gasteiger partial charge in [0.05, 0.1) is 23.4 Å². The zero-order chi connectivity index (χ0) is 21.8. The van der Waals surface area contributed by atoms with Crippen molar-refractivity contribution in [3.8, 4) is 0 Å². The van der Waals surface area contributed by atoms with Gasteiger partial charge in [-0.05, 0) is 32.8 Å². The molecule has 4 N–H and O–H groups in total. The molecule has 5 rings (SSSR count). The van der Waals surface area contributed by atoms with E-state index >= 15 is 0 Å². The Hall–Kier alpha value is -2.07. The number of anilines is 2. The molecule has 0 aliphatic carbocycles. The average molecular weight is 460 g/mol. The minimum Gasteiger partial charge on any atom is -0.382 e. The molecule has 164 valence electrons. The molecule has 10 heteroatoms. The lowest BCUT2D eigenvalue weighted by molar-refractivity contribution is 0.0974. The standard InChI is InChI=1S/C21H26ClN7OS/c1-12-20(31-14-3-6-25-17(24)15(14)22)29-10-7-26-18(29)19(27-12)28-8-4-21(5-9-28)11-30-13(2)16(21)23/h3,6-7,10,13,16H,4-5,8-9,11,23H2,1-2H3,(H2,24,25). The number of ether oxygens (including phenoxy) is 1. The van der Waals surface area contributed by atoms with Crippen molar-refractivity contribution in [3.05, 3.63) is 35.4 Å². The normalized spacial score (nSPS) is 23.2. The van der Waals surface area contributed by atoms with Crippen LogP contribution in [0.15, 0.2) is 34.6 Å². The predicted octanol–water partition coefficient (Wildman–Crippen LogP) is 3.15. The molecule has 8 nitrogen and oxygen atoms in total. The lowest BCUT2D eigenvalue weighted by atomic mass is 9.73. The first kappa shape index (κ1) is 20.8. The molecule has 31 heavy (non-hydrogen) atoms. The highest BCUT2D eigenvalue weighted by molar-refractivity contribution is 7.99. The molecule has 2 atom stereocenters. The molecule has 2 aliphatic rings.